The van der Waals surface area contributed by atoms with E-state index >= 15 is 0 Å². The fourth-order valence-corrected chi connectivity index (χ4v) is 2.31. The monoisotopic (exact) mass is 255 g/mol. The predicted octanol–water partition coefficient (Wildman–Crippen LogP) is 1.32. The molecule has 0 aliphatic heterocycles. The van der Waals surface area contributed by atoms with E-state index < -0.39 is 0 Å². The fourth-order valence-electron chi connectivity index (χ4n) is 1.61. The fraction of sp³-hybridized carbons (Fsp3) is 0.583. The summed E-state index contributed by atoms with van der Waals surface area (Å²) < 4.78 is 5.53. The highest BCUT2D eigenvalue weighted by molar-refractivity contribution is 7.07. The number of thiophene rings is 1. The SMILES string of the molecule is O=C(NC[C@H](OCCO)c1ccsc1)C1CC1. The Morgan fingerprint density at radius 3 is 3.06 bits per heavy atom. The Morgan fingerprint density at radius 1 is 1.65 bits per heavy atom. The number of nitrogens with one attached hydrogen (secondary N) is 1. The number of amides is 1. The number of aliphatic hydroxyl groups is 1. The Labute approximate surface area is 105 Å². The molecule has 1 aromatic rings. The molecule has 4 nitrogen and oxygen atoms in total. The highest BCUT2D eigenvalue weighted by Gasteiger charge is 2.29. The summed E-state index contributed by atoms with van der Waals surface area (Å²) in [4.78, 5) is 11.5. The molecule has 0 bridgehead atoms. The summed E-state index contributed by atoms with van der Waals surface area (Å²) in [6.45, 7) is 0.767. The van der Waals surface area contributed by atoms with Crippen LogP contribution in [0.4, 0.5) is 0 Å². The van der Waals surface area contributed by atoms with Crippen LogP contribution in [-0.4, -0.2) is 30.8 Å². The third kappa shape index (κ3) is 3.80. The number of rotatable bonds is 7. The summed E-state index contributed by atoms with van der Waals surface area (Å²) in [6.07, 6.45) is 1.86. The van der Waals surface area contributed by atoms with Gasteiger partial charge >= 0.3 is 0 Å². The van der Waals surface area contributed by atoms with Crippen LogP contribution in [0.3, 0.4) is 0 Å². The minimum absolute atomic E-state index is 0.00277. The maximum atomic E-state index is 11.5. The van der Waals surface area contributed by atoms with E-state index in [-0.39, 0.29) is 24.5 Å². The van der Waals surface area contributed by atoms with E-state index in [1.807, 2.05) is 16.8 Å². The summed E-state index contributed by atoms with van der Waals surface area (Å²) in [5.74, 6) is 0.341. The molecule has 1 aliphatic rings. The molecule has 1 atom stereocenters. The minimum atomic E-state index is -0.156. The molecule has 94 valence electrons. The van der Waals surface area contributed by atoms with Crippen LogP contribution in [0.5, 0.6) is 0 Å². The average Bonchev–Trinajstić information content (AvgIpc) is 3.06. The first-order valence-electron chi connectivity index (χ1n) is 5.83. The van der Waals surface area contributed by atoms with Gasteiger partial charge in [0.05, 0.1) is 13.2 Å². The van der Waals surface area contributed by atoms with Gasteiger partial charge in [-0.25, -0.2) is 0 Å². The number of hydrogen-bond donors (Lipinski definition) is 2. The van der Waals surface area contributed by atoms with Crippen molar-refractivity contribution in [2.24, 2.45) is 5.92 Å². The molecule has 2 N–H and O–H groups in total. The molecule has 0 unspecified atom stereocenters. The summed E-state index contributed by atoms with van der Waals surface area (Å²) in [5.41, 5.74) is 1.06. The van der Waals surface area contributed by atoms with E-state index in [1.54, 1.807) is 11.3 Å². The molecule has 1 saturated carbocycles. The number of hydrogen-bond acceptors (Lipinski definition) is 4. The molecule has 1 heterocycles. The van der Waals surface area contributed by atoms with Crippen LogP contribution in [0.1, 0.15) is 24.5 Å². The molecular weight excluding hydrogens is 238 g/mol. The Balaban J connectivity index is 1.84. The first kappa shape index (κ1) is 12.5. The molecular formula is C12H17NO3S. The molecule has 1 aromatic heterocycles. The second-order valence-corrected chi connectivity index (χ2v) is 4.94. The quantitative estimate of drug-likeness (QED) is 0.772. The first-order chi connectivity index (χ1) is 8.31. The average molecular weight is 255 g/mol. The normalized spacial score (nSPS) is 16.8. The van der Waals surface area contributed by atoms with Crippen LogP contribution in [0.25, 0.3) is 0 Å². The summed E-state index contributed by atoms with van der Waals surface area (Å²) in [6, 6.07) is 1.98. The smallest absolute Gasteiger partial charge is 0.223 e. The lowest BCUT2D eigenvalue weighted by molar-refractivity contribution is -0.123. The second kappa shape index (κ2) is 6.14. The molecule has 0 spiro atoms. The van der Waals surface area contributed by atoms with Gasteiger partial charge in [0.25, 0.3) is 0 Å². The molecule has 1 aliphatic carbocycles. The Hall–Kier alpha value is -0.910. The van der Waals surface area contributed by atoms with Gasteiger partial charge in [-0.1, -0.05) is 0 Å². The molecule has 2 rings (SSSR count). The van der Waals surface area contributed by atoms with Gasteiger partial charge in [-0.15, -0.1) is 0 Å². The number of ether oxygens (including phenoxy) is 1. The Morgan fingerprint density at radius 2 is 2.47 bits per heavy atom. The molecule has 0 saturated heterocycles. The van der Waals surface area contributed by atoms with Crippen molar-refractivity contribution in [2.45, 2.75) is 18.9 Å². The lowest BCUT2D eigenvalue weighted by Crippen LogP contribution is -2.30. The summed E-state index contributed by atoms with van der Waals surface area (Å²) in [7, 11) is 0. The van der Waals surface area contributed by atoms with Crippen LogP contribution in [0.2, 0.25) is 0 Å². The number of aliphatic hydroxyl groups excluding tert-OH is 1. The highest BCUT2D eigenvalue weighted by Crippen LogP contribution is 2.29. The zero-order valence-corrected chi connectivity index (χ0v) is 10.4. The summed E-state index contributed by atoms with van der Waals surface area (Å²) in [5, 5.41) is 15.7. The molecule has 1 fully saturated rings. The van der Waals surface area contributed by atoms with Crippen molar-refractivity contribution in [1.82, 2.24) is 5.32 Å². The third-order valence-corrected chi connectivity index (χ3v) is 3.44. The lowest BCUT2D eigenvalue weighted by Gasteiger charge is -2.17. The van der Waals surface area contributed by atoms with Crippen molar-refractivity contribution in [3.05, 3.63) is 22.4 Å². The molecule has 0 radical (unpaired) electrons. The van der Waals surface area contributed by atoms with Gasteiger partial charge in [0, 0.05) is 12.5 Å². The van der Waals surface area contributed by atoms with Gasteiger partial charge in [-0.3, -0.25) is 4.79 Å². The zero-order valence-electron chi connectivity index (χ0n) is 9.59. The van der Waals surface area contributed by atoms with Crippen molar-refractivity contribution in [3.63, 3.8) is 0 Å². The summed E-state index contributed by atoms with van der Waals surface area (Å²) >= 11 is 1.60. The van der Waals surface area contributed by atoms with Gasteiger partial charge in [0.2, 0.25) is 5.91 Å². The number of carbonyl (C=O) groups excluding carboxylic acids is 1. The van der Waals surface area contributed by atoms with E-state index in [9.17, 15) is 4.79 Å². The first-order valence-corrected chi connectivity index (χ1v) is 6.78. The van der Waals surface area contributed by atoms with Crippen molar-refractivity contribution in [2.75, 3.05) is 19.8 Å². The second-order valence-electron chi connectivity index (χ2n) is 4.16. The Bertz CT molecular complexity index is 349. The van der Waals surface area contributed by atoms with Crippen LogP contribution in [-0.2, 0) is 9.53 Å². The van der Waals surface area contributed by atoms with Crippen LogP contribution in [0.15, 0.2) is 16.8 Å². The van der Waals surface area contributed by atoms with Crippen LogP contribution < -0.4 is 5.32 Å². The Kier molecular flexibility index (Phi) is 4.53. The van der Waals surface area contributed by atoms with Gasteiger partial charge in [-0.2, -0.15) is 11.3 Å². The molecule has 1 amide bonds. The maximum Gasteiger partial charge on any atom is 0.223 e. The van der Waals surface area contributed by atoms with Crippen molar-refractivity contribution < 1.29 is 14.6 Å². The zero-order chi connectivity index (χ0) is 12.1. The standard InChI is InChI=1S/C12H17NO3S/c14-4-5-16-11(10-3-6-17-8-10)7-13-12(15)9-1-2-9/h3,6,8-9,11,14H,1-2,4-5,7H2,(H,13,15)/t11-/m0/s1. The maximum absolute atomic E-state index is 11.5. The van der Waals surface area contributed by atoms with Crippen molar-refractivity contribution >= 4 is 17.2 Å². The molecule has 17 heavy (non-hydrogen) atoms. The van der Waals surface area contributed by atoms with Gasteiger partial charge in [0.1, 0.15) is 6.10 Å². The lowest BCUT2D eigenvalue weighted by atomic mass is 10.2. The van der Waals surface area contributed by atoms with E-state index in [2.05, 4.69) is 5.32 Å². The highest BCUT2D eigenvalue weighted by atomic mass is 32.1. The van der Waals surface area contributed by atoms with Gasteiger partial charge < -0.3 is 15.2 Å². The predicted molar refractivity (Wildman–Crippen MR) is 65.8 cm³/mol. The minimum Gasteiger partial charge on any atom is -0.394 e. The van der Waals surface area contributed by atoms with Crippen LogP contribution in [0, 0.1) is 5.92 Å². The van der Waals surface area contributed by atoms with Crippen LogP contribution >= 0.6 is 11.3 Å². The topological polar surface area (TPSA) is 58.6 Å². The third-order valence-electron chi connectivity index (χ3n) is 2.74. The van der Waals surface area contributed by atoms with E-state index in [0.29, 0.717) is 13.2 Å². The van der Waals surface area contributed by atoms with Gasteiger partial charge in [0.15, 0.2) is 0 Å². The number of carbonyl (C=O) groups is 1. The van der Waals surface area contributed by atoms with Gasteiger partial charge in [-0.05, 0) is 35.2 Å². The van der Waals surface area contributed by atoms with E-state index in [4.69, 9.17) is 9.84 Å². The van der Waals surface area contributed by atoms with E-state index in [1.165, 1.54) is 0 Å². The molecule has 5 heteroatoms. The largest absolute Gasteiger partial charge is 0.394 e. The molecule has 0 aromatic carbocycles. The van der Waals surface area contributed by atoms with Crippen molar-refractivity contribution in [3.8, 4) is 0 Å². The van der Waals surface area contributed by atoms with Crippen molar-refractivity contribution in [1.29, 1.82) is 0 Å². The van der Waals surface area contributed by atoms with E-state index in [0.717, 1.165) is 18.4 Å².